The number of aliphatic hydroxyl groups is 1. The second kappa shape index (κ2) is 3.38. The van der Waals surface area contributed by atoms with Crippen molar-refractivity contribution in [2.75, 3.05) is 0 Å². The minimum absolute atomic E-state index is 0.112. The minimum atomic E-state index is -1.39. The Morgan fingerprint density at radius 3 is 2.21 bits per heavy atom. The van der Waals surface area contributed by atoms with Gasteiger partial charge in [-0.25, -0.2) is 0 Å². The van der Waals surface area contributed by atoms with Crippen molar-refractivity contribution in [3.8, 4) is 0 Å². The first kappa shape index (κ1) is 10.7. The predicted octanol–water partition coefficient (Wildman–Crippen LogP) is 0.0682. The van der Waals surface area contributed by atoms with Crippen LogP contribution >= 0.6 is 0 Å². The number of allylic oxidation sites excluding steroid dienone is 2. The molecule has 0 heterocycles. The highest BCUT2D eigenvalue weighted by Crippen LogP contribution is 2.25. The molecule has 0 fully saturated rings. The average molecular weight is 195 g/mol. The van der Waals surface area contributed by atoms with Crippen LogP contribution in [0.25, 0.3) is 0 Å². The summed E-state index contributed by atoms with van der Waals surface area (Å²) in [7, 11) is 0. The zero-order valence-electron chi connectivity index (χ0n) is 8.20. The Bertz CT molecular complexity index is 330. The van der Waals surface area contributed by atoms with E-state index in [-0.39, 0.29) is 12.2 Å². The summed E-state index contributed by atoms with van der Waals surface area (Å²) in [5.41, 5.74) is 4.47. The van der Waals surface area contributed by atoms with Gasteiger partial charge in [-0.1, -0.05) is 0 Å². The quantitative estimate of drug-likeness (QED) is 0.654. The van der Waals surface area contributed by atoms with E-state index in [9.17, 15) is 14.7 Å². The van der Waals surface area contributed by atoms with E-state index in [0.717, 1.165) is 0 Å². The van der Waals surface area contributed by atoms with Crippen LogP contribution in [0.5, 0.6) is 0 Å². The highest BCUT2D eigenvalue weighted by atomic mass is 16.3. The maximum absolute atomic E-state index is 11.3. The number of primary amides is 1. The van der Waals surface area contributed by atoms with Crippen LogP contribution in [0.4, 0.5) is 0 Å². The molecular formula is C10H13NO3. The van der Waals surface area contributed by atoms with Crippen molar-refractivity contribution < 1.29 is 14.7 Å². The lowest BCUT2D eigenvalue weighted by Crippen LogP contribution is -2.34. The number of ketones is 1. The van der Waals surface area contributed by atoms with Gasteiger partial charge in [-0.05, 0) is 37.1 Å². The van der Waals surface area contributed by atoms with Crippen LogP contribution in [0, 0.1) is 0 Å². The van der Waals surface area contributed by atoms with Gasteiger partial charge < -0.3 is 10.8 Å². The Labute approximate surface area is 82.1 Å². The summed E-state index contributed by atoms with van der Waals surface area (Å²) in [6.07, 6.45) is 2.54. The van der Waals surface area contributed by atoms with Crippen LogP contribution in [0.2, 0.25) is 0 Å². The van der Waals surface area contributed by atoms with Gasteiger partial charge in [-0.15, -0.1) is 0 Å². The molecule has 0 saturated carbocycles. The van der Waals surface area contributed by atoms with E-state index in [1.807, 2.05) is 0 Å². The van der Waals surface area contributed by atoms with E-state index < -0.39 is 11.5 Å². The Kier molecular flexibility index (Phi) is 2.57. The number of amides is 1. The SMILES string of the molecule is CC1=CC(O)(CC(N)=O)C=C(C)C1=O. The molecule has 76 valence electrons. The molecule has 0 bridgehead atoms. The first-order chi connectivity index (χ1) is 6.34. The van der Waals surface area contributed by atoms with Crippen LogP contribution in [-0.2, 0) is 9.59 Å². The number of hydrogen-bond donors (Lipinski definition) is 2. The van der Waals surface area contributed by atoms with E-state index in [1.54, 1.807) is 13.8 Å². The van der Waals surface area contributed by atoms with E-state index in [0.29, 0.717) is 11.1 Å². The lowest BCUT2D eigenvalue weighted by atomic mass is 9.86. The van der Waals surface area contributed by atoms with Gasteiger partial charge in [0.25, 0.3) is 0 Å². The lowest BCUT2D eigenvalue weighted by Gasteiger charge is -2.24. The smallest absolute Gasteiger partial charge is 0.220 e. The van der Waals surface area contributed by atoms with E-state index in [1.165, 1.54) is 12.2 Å². The highest BCUT2D eigenvalue weighted by Gasteiger charge is 2.30. The van der Waals surface area contributed by atoms with Crippen molar-refractivity contribution in [3.05, 3.63) is 23.3 Å². The number of hydrogen-bond acceptors (Lipinski definition) is 3. The molecule has 0 aliphatic heterocycles. The summed E-state index contributed by atoms with van der Waals surface area (Å²) in [6, 6.07) is 0. The molecule has 0 aromatic carbocycles. The average Bonchev–Trinajstić information content (AvgIpc) is 1.97. The van der Waals surface area contributed by atoms with Crippen LogP contribution < -0.4 is 5.73 Å². The fraction of sp³-hybridized carbons (Fsp3) is 0.400. The summed E-state index contributed by atoms with van der Waals surface area (Å²) in [4.78, 5) is 22.0. The molecule has 0 aromatic rings. The lowest BCUT2D eigenvalue weighted by molar-refractivity contribution is -0.121. The van der Waals surface area contributed by atoms with Gasteiger partial charge in [-0.2, -0.15) is 0 Å². The third kappa shape index (κ3) is 2.09. The van der Waals surface area contributed by atoms with Crippen LogP contribution in [-0.4, -0.2) is 22.4 Å². The summed E-state index contributed by atoms with van der Waals surface area (Å²) < 4.78 is 0. The summed E-state index contributed by atoms with van der Waals surface area (Å²) in [5, 5.41) is 9.89. The summed E-state index contributed by atoms with van der Waals surface area (Å²) >= 11 is 0. The third-order valence-corrected chi connectivity index (χ3v) is 2.11. The topological polar surface area (TPSA) is 80.4 Å². The largest absolute Gasteiger partial charge is 0.381 e. The molecule has 0 unspecified atom stereocenters. The second-order valence-electron chi connectivity index (χ2n) is 3.62. The number of carbonyl (C=O) groups excluding carboxylic acids is 2. The van der Waals surface area contributed by atoms with Crippen molar-refractivity contribution >= 4 is 11.7 Å². The van der Waals surface area contributed by atoms with Gasteiger partial charge in [0.1, 0.15) is 5.60 Å². The number of carbonyl (C=O) groups is 2. The molecule has 0 saturated heterocycles. The fourth-order valence-corrected chi connectivity index (χ4v) is 1.61. The first-order valence-corrected chi connectivity index (χ1v) is 4.28. The predicted molar refractivity (Wildman–Crippen MR) is 51.3 cm³/mol. The van der Waals surface area contributed by atoms with Gasteiger partial charge in [0.05, 0.1) is 6.42 Å². The van der Waals surface area contributed by atoms with E-state index >= 15 is 0 Å². The number of Topliss-reactive ketones (excluding diaryl/α,β-unsaturated/α-hetero) is 1. The molecule has 0 atom stereocenters. The minimum Gasteiger partial charge on any atom is -0.381 e. The summed E-state index contributed by atoms with van der Waals surface area (Å²) in [6.45, 7) is 3.20. The molecular weight excluding hydrogens is 182 g/mol. The van der Waals surface area contributed by atoms with Crippen LogP contribution in [0.15, 0.2) is 23.3 Å². The molecule has 0 spiro atoms. The molecule has 0 radical (unpaired) electrons. The molecule has 1 rings (SSSR count). The zero-order valence-corrected chi connectivity index (χ0v) is 8.20. The monoisotopic (exact) mass is 195 g/mol. The normalized spacial score (nSPS) is 20.1. The standard InChI is InChI=1S/C10H13NO3/c1-6-3-10(14,5-8(11)12)4-7(2)9(6)13/h3-4,14H,5H2,1-2H3,(H2,11,12). The molecule has 0 aromatic heterocycles. The molecule has 1 amide bonds. The number of nitrogens with two attached hydrogens (primary N) is 1. The Hall–Kier alpha value is -1.42. The van der Waals surface area contributed by atoms with Crippen molar-refractivity contribution in [2.45, 2.75) is 25.9 Å². The Balaban J connectivity index is 3.02. The van der Waals surface area contributed by atoms with Crippen molar-refractivity contribution in [2.24, 2.45) is 5.73 Å². The van der Waals surface area contributed by atoms with Gasteiger partial charge in [0.2, 0.25) is 5.91 Å². The molecule has 1 aliphatic carbocycles. The first-order valence-electron chi connectivity index (χ1n) is 4.28. The fourth-order valence-electron chi connectivity index (χ4n) is 1.61. The van der Waals surface area contributed by atoms with Crippen molar-refractivity contribution in [1.82, 2.24) is 0 Å². The highest BCUT2D eigenvalue weighted by molar-refractivity contribution is 6.08. The van der Waals surface area contributed by atoms with Gasteiger partial charge in [0.15, 0.2) is 5.78 Å². The number of rotatable bonds is 2. The third-order valence-electron chi connectivity index (χ3n) is 2.11. The van der Waals surface area contributed by atoms with Crippen LogP contribution in [0.1, 0.15) is 20.3 Å². The maximum atomic E-state index is 11.3. The van der Waals surface area contributed by atoms with E-state index in [2.05, 4.69) is 0 Å². The van der Waals surface area contributed by atoms with Crippen LogP contribution in [0.3, 0.4) is 0 Å². The van der Waals surface area contributed by atoms with Gasteiger partial charge in [-0.3, -0.25) is 9.59 Å². The Morgan fingerprint density at radius 1 is 1.43 bits per heavy atom. The molecule has 4 heteroatoms. The summed E-state index contributed by atoms with van der Waals surface area (Å²) in [5.74, 6) is -0.714. The van der Waals surface area contributed by atoms with E-state index in [4.69, 9.17) is 5.73 Å². The second-order valence-corrected chi connectivity index (χ2v) is 3.62. The molecule has 4 nitrogen and oxygen atoms in total. The molecule has 1 aliphatic rings. The molecule has 14 heavy (non-hydrogen) atoms. The van der Waals surface area contributed by atoms with Gasteiger partial charge in [0, 0.05) is 0 Å². The Morgan fingerprint density at radius 2 is 1.86 bits per heavy atom. The maximum Gasteiger partial charge on any atom is 0.220 e. The van der Waals surface area contributed by atoms with Gasteiger partial charge >= 0.3 is 0 Å². The zero-order chi connectivity index (χ0) is 10.9. The molecule has 3 N–H and O–H groups in total. The van der Waals surface area contributed by atoms with Crippen molar-refractivity contribution in [3.63, 3.8) is 0 Å². The van der Waals surface area contributed by atoms with Crippen molar-refractivity contribution in [1.29, 1.82) is 0 Å².